The molecule has 1 rings (SSSR count). The normalized spacial score (nSPS) is 19.4. The van der Waals surface area contributed by atoms with Crippen molar-refractivity contribution in [1.29, 1.82) is 0 Å². The molecule has 80 valence electrons. The van der Waals surface area contributed by atoms with Gasteiger partial charge in [-0.2, -0.15) is 11.8 Å². The van der Waals surface area contributed by atoms with E-state index in [0.717, 1.165) is 12.1 Å². The molecule has 0 aliphatic heterocycles. The molecule has 0 bridgehead atoms. The van der Waals surface area contributed by atoms with Crippen LogP contribution in [0.1, 0.15) is 19.8 Å². The third-order valence-corrected chi connectivity index (χ3v) is 3.88. The molecule has 1 saturated carbocycles. The van der Waals surface area contributed by atoms with Crippen LogP contribution in [0.3, 0.4) is 0 Å². The van der Waals surface area contributed by atoms with Gasteiger partial charge in [0.25, 0.3) is 0 Å². The summed E-state index contributed by atoms with van der Waals surface area (Å²) in [5.74, 6) is -0.865. The van der Waals surface area contributed by atoms with E-state index in [1.165, 1.54) is 18.9 Å². The highest BCUT2D eigenvalue weighted by atomic mass is 32.2. The van der Waals surface area contributed by atoms with Gasteiger partial charge in [0.05, 0.1) is 0 Å². The van der Waals surface area contributed by atoms with Crippen molar-refractivity contribution in [2.45, 2.75) is 24.5 Å². The van der Waals surface area contributed by atoms with Crippen LogP contribution in [0.5, 0.6) is 0 Å². The van der Waals surface area contributed by atoms with Crippen molar-refractivity contribution in [3.63, 3.8) is 0 Å². The number of hydrogen-bond acceptors (Lipinski definition) is 3. The summed E-state index contributed by atoms with van der Waals surface area (Å²) in [6.07, 6.45) is 5.95. The Morgan fingerprint density at radius 3 is 2.71 bits per heavy atom. The second-order valence-corrected chi connectivity index (χ2v) is 5.09. The summed E-state index contributed by atoms with van der Waals surface area (Å²) in [5.41, 5.74) is 0.870. The fourth-order valence-electron chi connectivity index (χ4n) is 1.34. The minimum atomic E-state index is -0.865. The van der Waals surface area contributed by atoms with Gasteiger partial charge >= 0.3 is 5.97 Å². The maximum absolute atomic E-state index is 10.3. The topological polar surface area (TPSA) is 49.3 Å². The Morgan fingerprint density at radius 1 is 1.64 bits per heavy atom. The zero-order valence-corrected chi connectivity index (χ0v) is 9.49. The summed E-state index contributed by atoms with van der Waals surface area (Å²) >= 11 is 1.91. The molecule has 2 N–H and O–H groups in total. The lowest BCUT2D eigenvalue weighted by Crippen LogP contribution is -2.27. The van der Waals surface area contributed by atoms with Crippen molar-refractivity contribution in [2.24, 2.45) is 0 Å². The van der Waals surface area contributed by atoms with E-state index < -0.39 is 5.97 Å². The summed E-state index contributed by atoms with van der Waals surface area (Å²) in [6, 6.07) is 0. The number of carboxylic acid groups (broad SMARTS) is 1. The number of thioether (sulfide) groups is 1. The van der Waals surface area contributed by atoms with Crippen molar-refractivity contribution >= 4 is 17.7 Å². The van der Waals surface area contributed by atoms with Gasteiger partial charge in [-0.05, 0) is 26.0 Å². The SMILES string of the molecule is CSC1(CNCC(C)=CC(=O)O)CC1. The Morgan fingerprint density at radius 2 is 2.29 bits per heavy atom. The van der Waals surface area contributed by atoms with Crippen LogP contribution < -0.4 is 5.32 Å². The van der Waals surface area contributed by atoms with Gasteiger partial charge < -0.3 is 10.4 Å². The minimum absolute atomic E-state index is 0.448. The van der Waals surface area contributed by atoms with Gasteiger partial charge in [-0.25, -0.2) is 4.79 Å². The van der Waals surface area contributed by atoms with E-state index >= 15 is 0 Å². The third kappa shape index (κ3) is 3.72. The van der Waals surface area contributed by atoms with Crippen LogP contribution in [0.15, 0.2) is 11.6 Å². The molecular formula is C10H17NO2S. The molecule has 0 amide bonds. The number of carboxylic acids is 1. The zero-order valence-electron chi connectivity index (χ0n) is 8.67. The van der Waals surface area contributed by atoms with E-state index in [9.17, 15) is 4.79 Å². The lowest BCUT2D eigenvalue weighted by atomic mass is 10.2. The van der Waals surface area contributed by atoms with Crippen LogP contribution in [0.4, 0.5) is 0 Å². The van der Waals surface area contributed by atoms with Crippen molar-refractivity contribution in [2.75, 3.05) is 19.3 Å². The number of aliphatic carboxylic acids is 1. The van der Waals surface area contributed by atoms with Crippen molar-refractivity contribution in [1.82, 2.24) is 5.32 Å². The van der Waals surface area contributed by atoms with Gasteiger partial charge in [0.2, 0.25) is 0 Å². The largest absolute Gasteiger partial charge is 0.478 e. The van der Waals surface area contributed by atoms with E-state index in [1.54, 1.807) is 0 Å². The molecule has 0 aromatic heterocycles. The quantitative estimate of drug-likeness (QED) is 0.659. The predicted molar refractivity (Wildman–Crippen MR) is 59.7 cm³/mol. The van der Waals surface area contributed by atoms with E-state index in [4.69, 9.17) is 5.11 Å². The fraction of sp³-hybridized carbons (Fsp3) is 0.700. The summed E-state index contributed by atoms with van der Waals surface area (Å²) in [4.78, 5) is 10.3. The maximum Gasteiger partial charge on any atom is 0.328 e. The standard InChI is InChI=1S/C10H17NO2S/c1-8(5-9(12)13)6-11-7-10(14-2)3-4-10/h5,11H,3-4,6-7H2,1-2H3,(H,12,13). The molecule has 1 aliphatic rings. The van der Waals surface area contributed by atoms with Crippen molar-refractivity contribution in [3.8, 4) is 0 Å². The molecule has 0 aromatic rings. The first-order valence-electron chi connectivity index (χ1n) is 4.74. The number of nitrogens with one attached hydrogen (secondary N) is 1. The van der Waals surface area contributed by atoms with Crippen LogP contribution in [-0.4, -0.2) is 35.2 Å². The van der Waals surface area contributed by atoms with Crippen LogP contribution in [0.2, 0.25) is 0 Å². The van der Waals surface area contributed by atoms with E-state index in [2.05, 4.69) is 11.6 Å². The minimum Gasteiger partial charge on any atom is -0.478 e. The monoisotopic (exact) mass is 215 g/mol. The molecule has 0 unspecified atom stereocenters. The van der Waals surface area contributed by atoms with Crippen LogP contribution in [0.25, 0.3) is 0 Å². The van der Waals surface area contributed by atoms with Crippen LogP contribution >= 0.6 is 11.8 Å². The van der Waals surface area contributed by atoms with Gasteiger partial charge in [-0.15, -0.1) is 0 Å². The van der Waals surface area contributed by atoms with Gasteiger partial charge in [0.15, 0.2) is 0 Å². The molecule has 0 atom stereocenters. The molecule has 4 heteroatoms. The molecule has 0 heterocycles. The molecule has 0 saturated heterocycles. The Bertz CT molecular complexity index is 247. The Kier molecular flexibility index (Phi) is 4.01. The maximum atomic E-state index is 10.3. The summed E-state index contributed by atoms with van der Waals surface area (Å²) < 4.78 is 0.448. The van der Waals surface area contributed by atoms with Crippen molar-refractivity contribution in [3.05, 3.63) is 11.6 Å². The molecular weight excluding hydrogens is 198 g/mol. The molecule has 0 aromatic carbocycles. The summed E-state index contributed by atoms with van der Waals surface area (Å²) in [7, 11) is 0. The van der Waals surface area contributed by atoms with Crippen LogP contribution in [0, 0.1) is 0 Å². The Hall–Kier alpha value is -0.480. The highest BCUT2D eigenvalue weighted by Crippen LogP contribution is 2.46. The predicted octanol–water partition coefficient (Wildman–Crippen LogP) is 1.50. The second-order valence-electron chi connectivity index (χ2n) is 3.82. The van der Waals surface area contributed by atoms with Gasteiger partial charge in [-0.1, -0.05) is 5.57 Å². The molecule has 1 fully saturated rings. The lowest BCUT2D eigenvalue weighted by Gasteiger charge is -2.12. The summed E-state index contributed by atoms with van der Waals surface area (Å²) in [5, 5.41) is 11.8. The molecule has 0 spiro atoms. The first-order chi connectivity index (χ1) is 6.58. The Balaban J connectivity index is 2.18. The van der Waals surface area contributed by atoms with Crippen LogP contribution in [-0.2, 0) is 4.79 Å². The van der Waals surface area contributed by atoms with Gasteiger partial charge in [-0.3, -0.25) is 0 Å². The number of hydrogen-bond donors (Lipinski definition) is 2. The molecule has 1 aliphatic carbocycles. The number of carbonyl (C=O) groups is 1. The third-order valence-electron chi connectivity index (χ3n) is 2.46. The van der Waals surface area contributed by atoms with E-state index in [-0.39, 0.29) is 0 Å². The van der Waals surface area contributed by atoms with E-state index in [1.807, 2.05) is 18.7 Å². The highest BCUT2D eigenvalue weighted by Gasteiger charge is 2.41. The Labute approximate surface area is 89.0 Å². The average Bonchev–Trinajstić information content (AvgIpc) is 2.84. The average molecular weight is 215 g/mol. The second kappa shape index (κ2) is 4.84. The molecule has 3 nitrogen and oxygen atoms in total. The molecule has 14 heavy (non-hydrogen) atoms. The zero-order chi connectivity index (χ0) is 10.6. The van der Waals surface area contributed by atoms with Gasteiger partial charge in [0, 0.05) is 23.9 Å². The number of rotatable bonds is 6. The smallest absolute Gasteiger partial charge is 0.328 e. The van der Waals surface area contributed by atoms with Gasteiger partial charge in [0.1, 0.15) is 0 Å². The fourth-order valence-corrected chi connectivity index (χ4v) is 2.10. The summed E-state index contributed by atoms with van der Waals surface area (Å²) in [6.45, 7) is 3.49. The lowest BCUT2D eigenvalue weighted by molar-refractivity contribution is -0.131. The molecule has 0 radical (unpaired) electrons. The van der Waals surface area contributed by atoms with Crippen molar-refractivity contribution < 1.29 is 9.90 Å². The highest BCUT2D eigenvalue weighted by molar-refractivity contribution is 8.00. The first kappa shape index (κ1) is 11.6. The first-order valence-corrected chi connectivity index (χ1v) is 5.96. The van der Waals surface area contributed by atoms with E-state index in [0.29, 0.717) is 11.3 Å².